The Morgan fingerprint density at radius 3 is 2.07 bits per heavy atom. The third kappa shape index (κ3) is 22.0. The molecule has 1 amide bonds. The van der Waals surface area contributed by atoms with Gasteiger partial charge in [-0.25, -0.2) is 9.68 Å². The molecule has 2 unspecified atom stereocenters. The largest absolute Gasteiger partial charge is 0.611 e. The summed E-state index contributed by atoms with van der Waals surface area (Å²) in [7, 11) is -2.51. The maximum atomic E-state index is 11.5. The number of hydrogen-bond donors (Lipinski definition) is 4. The number of amides is 1. The van der Waals surface area contributed by atoms with Crippen molar-refractivity contribution in [3.63, 3.8) is 0 Å². The second-order valence-corrected chi connectivity index (χ2v) is 8.26. The molecule has 0 aromatic carbocycles. The number of rotatable bonds is 12. The van der Waals surface area contributed by atoms with E-state index in [1.165, 1.54) is 6.92 Å². The molecule has 0 saturated heterocycles. The predicted molar refractivity (Wildman–Crippen MR) is 110 cm³/mol. The smallest absolute Gasteiger partial charge is 0.464 e. The van der Waals surface area contributed by atoms with Crippen LogP contribution in [0, 0.1) is 5.92 Å². The van der Waals surface area contributed by atoms with Crippen LogP contribution in [-0.4, -0.2) is 53.6 Å². The molecule has 0 aliphatic rings. The summed E-state index contributed by atoms with van der Waals surface area (Å²) in [4.78, 5) is 34.7. The van der Waals surface area contributed by atoms with Crippen molar-refractivity contribution in [2.45, 2.75) is 78.9 Å². The monoisotopic (exact) mass is 698 g/mol. The molecule has 0 spiro atoms. The van der Waals surface area contributed by atoms with Gasteiger partial charge in [0.1, 0.15) is 11.6 Å². The molecule has 0 rings (SSSR count). The van der Waals surface area contributed by atoms with Crippen molar-refractivity contribution in [3.05, 3.63) is 0 Å². The molecule has 4 N–H and O–H groups in total. The van der Waals surface area contributed by atoms with Crippen LogP contribution in [0.15, 0.2) is 0 Å². The second-order valence-electron chi connectivity index (χ2n) is 7.46. The van der Waals surface area contributed by atoms with Crippen molar-refractivity contribution in [1.82, 2.24) is 10.4 Å². The minimum absolute atomic E-state index is 0. The van der Waals surface area contributed by atoms with E-state index in [4.69, 9.17) is 19.6 Å². The third-order valence-electron chi connectivity index (χ3n) is 3.37. The zero-order valence-corrected chi connectivity index (χ0v) is 22.0. The molecule has 184 valence electrons. The summed E-state index contributed by atoms with van der Waals surface area (Å²) in [6.07, 6.45) is 3.70. The molecule has 0 fully saturated rings. The van der Waals surface area contributed by atoms with E-state index in [0.717, 1.165) is 25.7 Å². The van der Waals surface area contributed by atoms with Gasteiger partial charge in [-0.05, 0) is 51.0 Å². The summed E-state index contributed by atoms with van der Waals surface area (Å²) < 4.78 is 20.5. The summed E-state index contributed by atoms with van der Waals surface area (Å²) >= 11 is 0. The van der Waals surface area contributed by atoms with E-state index in [2.05, 4.69) is 29.1 Å². The van der Waals surface area contributed by atoms with Gasteiger partial charge in [-0.2, -0.15) is 0 Å². The van der Waals surface area contributed by atoms with E-state index in [1.54, 1.807) is 20.8 Å². The van der Waals surface area contributed by atoms with Crippen molar-refractivity contribution in [2.24, 2.45) is 5.92 Å². The molecular formula is C18H38FmN2O8P+. The molecule has 0 aromatic rings. The number of hydrogen-bond acceptors (Lipinski definition) is 7. The normalized spacial score (nSPS) is 12.1. The zero-order valence-electron chi connectivity index (χ0n) is 18.7. The van der Waals surface area contributed by atoms with E-state index < -0.39 is 31.9 Å². The Labute approximate surface area is 174 Å². The minimum atomic E-state index is -2.51. The van der Waals surface area contributed by atoms with Crippen molar-refractivity contribution in [2.75, 3.05) is 19.8 Å². The SMILES string of the molecule is CC(C)(C)OC(=O)NCCOO.CCCC(CCC)COC(=O)C(C)N[P+](=O)O.[Fm]. The fourth-order valence-corrected chi connectivity index (χ4v) is 2.62. The molecule has 0 aliphatic heterocycles. The summed E-state index contributed by atoms with van der Waals surface area (Å²) in [5, 5.41) is 12.5. The van der Waals surface area contributed by atoms with Crippen molar-refractivity contribution in [3.8, 4) is 0 Å². The molecule has 0 bridgehead atoms. The topological polar surface area (TPSA) is 143 Å². The van der Waals surface area contributed by atoms with E-state index in [-0.39, 0.29) is 13.2 Å². The zero-order chi connectivity index (χ0) is 22.9. The van der Waals surface area contributed by atoms with Gasteiger partial charge in [0.15, 0.2) is 0 Å². The van der Waals surface area contributed by atoms with Gasteiger partial charge in [0, 0.05) is 6.54 Å². The van der Waals surface area contributed by atoms with E-state index in [0.29, 0.717) is 12.5 Å². The number of carbonyl (C=O) groups excluding carboxylic acids is 2. The maximum absolute atomic E-state index is 11.5. The first-order chi connectivity index (χ1) is 13.5. The van der Waals surface area contributed by atoms with Crippen molar-refractivity contribution >= 4 is 20.2 Å². The van der Waals surface area contributed by atoms with Gasteiger partial charge in [0.25, 0.3) is 0 Å². The van der Waals surface area contributed by atoms with E-state index in [9.17, 15) is 14.2 Å². The number of carbonyl (C=O) groups is 2. The van der Waals surface area contributed by atoms with Crippen LogP contribution in [-0.2, 0) is 23.7 Å². The number of alkyl carbamates (subject to hydrolysis) is 1. The van der Waals surface area contributed by atoms with E-state index >= 15 is 0 Å². The molecule has 10 nitrogen and oxygen atoms in total. The summed E-state index contributed by atoms with van der Waals surface area (Å²) in [6.45, 7) is 11.7. The molecular weight excluding hydrogens is 660 g/mol. The molecule has 0 aliphatic carbocycles. The van der Waals surface area contributed by atoms with Crippen LogP contribution in [0.25, 0.3) is 0 Å². The predicted octanol–water partition coefficient (Wildman–Crippen LogP) is 3.37. The first-order valence-electron chi connectivity index (χ1n) is 9.78. The van der Waals surface area contributed by atoms with E-state index in [1.807, 2.05) is 0 Å². The maximum Gasteiger partial charge on any atom is 0.611 e. The van der Waals surface area contributed by atoms with Gasteiger partial charge < -0.3 is 14.8 Å². The number of esters is 1. The Hall–Kier alpha value is -2.32. The molecule has 2 atom stereocenters. The standard InChI is InChI=1S/C11H22NO4P.C7H15NO4.Fm/c1-4-6-10(7-5-2)8-16-11(13)9(3)12-17(14)15;1-7(2,3)12-6(9)8-4-5-11-10;/h9-10H,4-8H2,1-3H3,(H-,12,14,15);10H,4-5H2,1-3H3,(H,8,9);/p+1. The van der Waals surface area contributed by atoms with Crippen molar-refractivity contribution in [1.29, 1.82) is 0 Å². The number of nitrogens with one attached hydrogen (secondary N) is 2. The van der Waals surface area contributed by atoms with Crippen LogP contribution in [0.5, 0.6) is 0 Å². The van der Waals surface area contributed by atoms with Crippen LogP contribution in [0.1, 0.15) is 67.2 Å². The summed E-state index contributed by atoms with van der Waals surface area (Å²) in [5.74, 6) is -0.0800. The molecule has 30 heavy (non-hydrogen) atoms. The first-order valence-corrected chi connectivity index (χ1v) is 11.0. The Morgan fingerprint density at radius 1 is 1.13 bits per heavy atom. The molecule has 0 saturated carbocycles. The fraction of sp³-hybridized carbons (Fsp3) is 0.889. The third-order valence-corrected chi connectivity index (χ3v) is 3.98. The Morgan fingerprint density at radius 2 is 1.67 bits per heavy atom. The Kier molecular flexibility index (Phi) is 20.2. The summed E-state index contributed by atoms with van der Waals surface area (Å²) in [5.41, 5.74) is -0.496. The average Bonchev–Trinajstić information content (AvgIpc) is 2.58. The van der Waals surface area contributed by atoms with Crippen LogP contribution >= 0.6 is 8.18 Å². The molecule has 12 heteroatoms. The first kappa shape index (κ1) is 32.3. The van der Waals surface area contributed by atoms with Crippen molar-refractivity contribution < 1.29 is 38.7 Å². The van der Waals surface area contributed by atoms with Gasteiger partial charge in [0.2, 0.25) is 0 Å². The van der Waals surface area contributed by atoms with Gasteiger partial charge in [-0.3, -0.25) is 10.1 Å². The quantitative estimate of drug-likeness (QED) is 0.0794. The van der Waals surface area contributed by atoms with Crippen LogP contribution in [0.2, 0.25) is 0 Å². The van der Waals surface area contributed by atoms with Gasteiger partial charge in [-0.1, -0.05) is 31.8 Å². The van der Waals surface area contributed by atoms with Crippen LogP contribution in [0.3, 0.4) is 0 Å². The van der Waals surface area contributed by atoms with Gasteiger partial charge in [0.05, 0.1) is 13.2 Å². The summed E-state index contributed by atoms with van der Waals surface area (Å²) in [6, 6.07) is -0.743. The van der Waals surface area contributed by atoms with Crippen LogP contribution < -0.4 is 10.4 Å². The van der Waals surface area contributed by atoms with Gasteiger partial charge >= 0.3 is 20.2 Å². The molecule has 0 aromatic heterocycles. The Bertz CT molecular complexity index is 472. The van der Waals surface area contributed by atoms with Crippen LogP contribution in [0.4, 0.5) is 4.79 Å². The fourth-order valence-electron chi connectivity index (χ4n) is 2.18. The minimum Gasteiger partial charge on any atom is -0.464 e. The van der Waals surface area contributed by atoms with Gasteiger partial charge in [-0.15, -0.1) is 4.89 Å². The molecule has 0 heterocycles. The Balaban J connectivity index is -0.000000497. The number of ether oxygens (including phenoxy) is 2. The second kappa shape index (κ2) is 18.7. The molecule has 0 radical (unpaired) electrons. The average molecular weight is 698 g/mol.